The van der Waals surface area contributed by atoms with Crippen molar-refractivity contribution < 1.29 is 28.7 Å². The fourth-order valence-electron chi connectivity index (χ4n) is 1.98. The molecule has 1 saturated heterocycles. The number of nitrogens with zero attached hydrogens (tertiary/aromatic N) is 1. The van der Waals surface area contributed by atoms with Crippen LogP contribution in [-0.2, 0) is 9.31 Å². The topological polar surface area (TPSA) is 101 Å². The number of hydrogen-bond donors (Lipinski definition) is 3. The van der Waals surface area contributed by atoms with E-state index in [4.69, 9.17) is 27.4 Å². The van der Waals surface area contributed by atoms with Gasteiger partial charge >= 0.3 is 7.12 Å². The number of halogens is 1. The molecule has 2 rings (SSSR count). The van der Waals surface area contributed by atoms with Gasteiger partial charge in [-0.25, -0.2) is 4.98 Å². The second-order valence-electron chi connectivity index (χ2n) is 6.38. The van der Waals surface area contributed by atoms with Gasteiger partial charge in [0, 0.05) is 0 Å². The van der Waals surface area contributed by atoms with E-state index in [1.807, 2.05) is 27.7 Å². The van der Waals surface area contributed by atoms with Crippen molar-refractivity contribution in [3.05, 3.63) is 23.8 Å². The molecule has 0 saturated carbocycles. The zero-order valence-corrected chi connectivity index (χ0v) is 13.3. The fraction of sp³-hybridized carbons (Fsp3) is 0.538. The van der Waals surface area contributed by atoms with Crippen LogP contribution in [-0.4, -0.2) is 53.1 Å². The van der Waals surface area contributed by atoms with Crippen LogP contribution in [0.1, 0.15) is 38.2 Å². The van der Waals surface area contributed by atoms with E-state index in [2.05, 4.69) is 4.98 Å². The maximum atomic E-state index is 13.7. The Balaban J connectivity index is 2.30. The van der Waals surface area contributed by atoms with Crippen LogP contribution in [0.15, 0.2) is 12.1 Å². The molecule has 1 fully saturated rings. The van der Waals surface area contributed by atoms with E-state index in [1.165, 1.54) is 6.07 Å². The third kappa shape index (κ3) is 3.89. The van der Waals surface area contributed by atoms with E-state index in [9.17, 15) is 9.18 Å². The number of nitrogens with one attached hydrogen (secondary N) is 1. The predicted molar refractivity (Wildman–Crippen MR) is 80.3 cm³/mol. The maximum absolute atomic E-state index is 13.7. The van der Waals surface area contributed by atoms with Crippen LogP contribution in [0.25, 0.3) is 0 Å². The molecule has 3 N–H and O–H groups in total. The predicted octanol–water partition coefficient (Wildman–Crippen LogP) is -0.986. The fourth-order valence-corrected chi connectivity index (χ4v) is 1.98. The number of carbonyl (C=O) groups excluding carboxylic acids is 1. The van der Waals surface area contributed by atoms with Gasteiger partial charge in [-0.3, -0.25) is 4.79 Å². The van der Waals surface area contributed by atoms with E-state index in [1.54, 1.807) is 5.32 Å². The SMILES string of the molecule is [B]C(O)(O)NC(=O)c1cc(B2OC(C)(C)C(C)(C)O2)cc(F)n1. The average molecular weight is 322 g/mol. The highest BCUT2D eigenvalue weighted by Crippen LogP contribution is 2.36. The molecule has 7 nitrogen and oxygen atoms in total. The Hall–Kier alpha value is -1.48. The van der Waals surface area contributed by atoms with Crippen molar-refractivity contribution in [2.24, 2.45) is 0 Å². The normalized spacial score (nSPS) is 19.7. The lowest BCUT2D eigenvalue weighted by atomic mass is 9.79. The van der Waals surface area contributed by atoms with Crippen LogP contribution in [0.5, 0.6) is 0 Å². The molecule has 1 aliphatic heterocycles. The average Bonchev–Trinajstić information content (AvgIpc) is 2.55. The molecule has 10 heteroatoms. The van der Waals surface area contributed by atoms with Crippen LogP contribution >= 0.6 is 0 Å². The Morgan fingerprint density at radius 1 is 1.30 bits per heavy atom. The van der Waals surface area contributed by atoms with Gasteiger partial charge in [0.25, 0.3) is 5.91 Å². The van der Waals surface area contributed by atoms with Crippen molar-refractivity contribution in [2.75, 3.05) is 0 Å². The van der Waals surface area contributed by atoms with Gasteiger partial charge in [-0.05, 0) is 45.3 Å². The van der Waals surface area contributed by atoms with E-state index in [-0.39, 0.29) is 5.46 Å². The first kappa shape index (κ1) is 17.9. The Morgan fingerprint density at radius 2 is 1.83 bits per heavy atom. The van der Waals surface area contributed by atoms with Crippen molar-refractivity contribution in [1.29, 1.82) is 0 Å². The molecule has 0 aliphatic carbocycles. The molecule has 23 heavy (non-hydrogen) atoms. The van der Waals surface area contributed by atoms with Crippen LogP contribution in [0, 0.1) is 5.95 Å². The summed E-state index contributed by atoms with van der Waals surface area (Å²) in [5.41, 5.74) is -1.43. The van der Waals surface area contributed by atoms with Crippen LogP contribution in [0.3, 0.4) is 0 Å². The van der Waals surface area contributed by atoms with E-state index >= 15 is 0 Å². The summed E-state index contributed by atoms with van der Waals surface area (Å²) in [5.74, 6) is -4.94. The molecule has 2 heterocycles. The van der Waals surface area contributed by atoms with E-state index in [0.29, 0.717) is 0 Å². The minimum Gasteiger partial charge on any atom is -0.399 e. The molecule has 0 aromatic carbocycles. The van der Waals surface area contributed by atoms with Crippen LogP contribution < -0.4 is 10.8 Å². The quantitative estimate of drug-likeness (QED) is 0.375. The first-order valence-corrected chi connectivity index (χ1v) is 6.90. The third-order valence-electron chi connectivity index (χ3n) is 3.87. The van der Waals surface area contributed by atoms with Gasteiger partial charge in [-0.15, -0.1) is 0 Å². The van der Waals surface area contributed by atoms with E-state index in [0.717, 1.165) is 6.07 Å². The molecular formula is C13H17B2FN2O5. The largest absolute Gasteiger partial charge is 0.495 e. The smallest absolute Gasteiger partial charge is 0.399 e. The van der Waals surface area contributed by atoms with Crippen LogP contribution in [0.4, 0.5) is 4.39 Å². The van der Waals surface area contributed by atoms with E-state index < -0.39 is 41.7 Å². The lowest BCUT2D eigenvalue weighted by molar-refractivity contribution is -0.102. The number of aliphatic hydroxyl groups is 2. The summed E-state index contributed by atoms with van der Waals surface area (Å²) in [7, 11) is 3.96. The highest BCUT2D eigenvalue weighted by Gasteiger charge is 2.52. The highest BCUT2D eigenvalue weighted by atomic mass is 19.1. The second-order valence-corrected chi connectivity index (χ2v) is 6.38. The van der Waals surface area contributed by atoms with Crippen molar-refractivity contribution >= 4 is 26.3 Å². The second kappa shape index (κ2) is 5.55. The minimum atomic E-state index is -2.93. The lowest BCUT2D eigenvalue weighted by Gasteiger charge is -2.32. The highest BCUT2D eigenvalue weighted by molar-refractivity contribution is 6.62. The summed E-state index contributed by atoms with van der Waals surface area (Å²) >= 11 is 0. The molecule has 1 aliphatic rings. The Morgan fingerprint density at radius 3 is 2.30 bits per heavy atom. The zero-order valence-electron chi connectivity index (χ0n) is 13.3. The van der Waals surface area contributed by atoms with Gasteiger partial charge in [-0.2, -0.15) is 4.39 Å². The summed E-state index contributed by atoms with van der Waals surface area (Å²) in [6, 6.07) is 2.30. The maximum Gasteiger partial charge on any atom is 0.495 e. The van der Waals surface area contributed by atoms with Gasteiger partial charge < -0.3 is 24.8 Å². The van der Waals surface area contributed by atoms with Gasteiger partial charge in [0.1, 0.15) is 5.69 Å². The third-order valence-corrected chi connectivity index (χ3v) is 3.87. The molecule has 122 valence electrons. The first-order valence-electron chi connectivity index (χ1n) is 6.90. The minimum absolute atomic E-state index is 0.236. The lowest BCUT2D eigenvalue weighted by Crippen LogP contribution is -2.49. The molecule has 1 amide bonds. The molecule has 0 bridgehead atoms. The number of aromatic nitrogens is 1. The van der Waals surface area contributed by atoms with Gasteiger partial charge in [0.2, 0.25) is 5.95 Å². The van der Waals surface area contributed by atoms with Crippen molar-refractivity contribution in [3.8, 4) is 0 Å². The molecule has 1 aromatic heterocycles. The Labute approximate surface area is 134 Å². The molecule has 0 spiro atoms. The number of rotatable bonds is 3. The molecular weight excluding hydrogens is 305 g/mol. The van der Waals surface area contributed by atoms with Crippen molar-refractivity contribution in [3.63, 3.8) is 0 Å². The summed E-state index contributed by atoms with van der Waals surface area (Å²) in [6.45, 7) is 7.33. The standard InChI is InChI=1S/C13H17B2FN2O5/c1-11(2)12(3,4)23-15(22-11)7-5-8(17-9(16)6-7)10(19)18-13(14,20)21/h5-6,20-21H,1-4H3,(H,18,19). The van der Waals surface area contributed by atoms with Gasteiger partial charge in [0.15, 0.2) is 13.7 Å². The molecule has 1 aromatic rings. The number of hydrogen-bond acceptors (Lipinski definition) is 6. The number of pyridine rings is 1. The van der Waals surface area contributed by atoms with Crippen molar-refractivity contribution in [1.82, 2.24) is 10.3 Å². The summed E-state index contributed by atoms with van der Waals surface area (Å²) in [4.78, 5) is 15.2. The van der Waals surface area contributed by atoms with Crippen molar-refractivity contribution in [2.45, 2.75) is 44.7 Å². The number of amides is 1. The monoisotopic (exact) mass is 322 g/mol. The van der Waals surface area contributed by atoms with Gasteiger partial charge in [-0.1, -0.05) is 0 Å². The Kier molecular flexibility index (Phi) is 4.31. The summed E-state index contributed by atoms with van der Waals surface area (Å²) < 4.78 is 25.2. The van der Waals surface area contributed by atoms with Crippen LogP contribution in [0.2, 0.25) is 0 Å². The summed E-state index contributed by atoms with van der Waals surface area (Å²) in [6.07, 6.45) is 0. The van der Waals surface area contributed by atoms with Gasteiger partial charge in [0.05, 0.1) is 11.2 Å². The number of carbonyl (C=O) groups is 1. The molecule has 0 unspecified atom stereocenters. The molecule has 2 radical (unpaired) electrons. The Bertz CT molecular complexity index is 617. The zero-order chi connectivity index (χ0) is 17.6. The first-order chi connectivity index (χ1) is 10.3. The molecule has 0 atom stereocenters. The summed E-state index contributed by atoms with van der Waals surface area (Å²) in [5, 5.41) is 19.6.